The molecule has 154 valence electrons. The predicted octanol–water partition coefficient (Wildman–Crippen LogP) is 3.54. The SMILES string of the molecule is CC(=O)N[C@H](CC(=O)N[C@H](c1ccc2c(c1)OCCO2)C(C)C)c1ccccc1. The van der Waals surface area contributed by atoms with Gasteiger partial charge in [0.15, 0.2) is 11.5 Å². The van der Waals surface area contributed by atoms with Gasteiger partial charge in [0.05, 0.1) is 18.5 Å². The molecule has 0 unspecified atom stereocenters. The maximum absolute atomic E-state index is 12.9. The highest BCUT2D eigenvalue weighted by Gasteiger charge is 2.24. The Morgan fingerprint density at radius 3 is 2.28 bits per heavy atom. The molecule has 0 radical (unpaired) electrons. The predicted molar refractivity (Wildman–Crippen MR) is 111 cm³/mol. The standard InChI is InChI=1S/C23H28N2O4/c1-15(2)23(18-9-10-20-21(13-18)29-12-11-28-20)25-22(27)14-19(24-16(3)26)17-7-5-4-6-8-17/h4-10,13,15,19,23H,11-12,14H2,1-3H3,(H,24,26)(H,25,27)/t19-,23+/m1/s1. The van der Waals surface area contributed by atoms with Crippen molar-refractivity contribution in [3.8, 4) is 11.5 Å². The topological polar surface area (TPSA) is 76.7 Å². The van der Waals surface area contributed by atoms with Gasteiger partial charge in [-0.25, -0.2) is 0 Å². The summed E-state index contributed by atoms with van der Waals surface area (Å²) in [5.41, 5.74) is 1.87. The summed E-state index contributed by atoms with van der Waals surface area (Å²) >= 11 is 0. The molecule has 6 nitrogen and oxygen atoms in total. The molecule has 1 aliphatic rings. The first kappa shape index (κ1) is 20.7. The maximum Gasteiger partial charge on any atom is 0.222 e. The molecule has 2 amide bonds. The second-order valence-electron chi connectivity index (χ2n) is 7.56. The fourth-order valence-electron chi connectivity index (χ4n) is 3.49. The van der Waals surface area contributed by atoms with Crippen LogP contribution in [0.4, 0.5) is 0 Å². The van der Waals surface area contributed by atoms with Gasteiger partial charge in [-0.15, -0.1) is 0 Å². The first-order chi connectivity index (χ1) is 13.9. The number of amides is 2. The lowest BCUT2D eigenvalue weighted by Gasteiger charge is -2.26. The summed E-state index contributed by atoms with van der Waals surface area (Å²) in [6.07, 6.45) is 0.164. The monoisotopic (exact) mass is 396 g/mol. The van der Waals surface area contributed by atoms with Crippen molar-refractivity contribution in [1.29, 1.82) is 0 Å². The number of hydrogen-bond acceptors (Lipinski definition) is 4. The third-order valence-electron chi connectivity index (χ3n) is 4.88. The molecule has 0 aliphatic carbocycles. The Balaban J connectivity index is 1.74. The van der Waals surface area contributed by atoms with Gasteiger partial charge in [0.1, 0.15) is 13.2 Å². The first-order valence-corrected chi connectivity index (χ1v) is 9.95. The van der Waals surface area contributed by atoms with Crippen LogP contribution in [0.25, 0.3) is 0 Å². The Morgan fingerprint density at radius 2 is 1.62 bits per heavy atom. The van der Waals surface area contributed by atoms with E-state index in [9.17, 15) is 9.59 Å². The van der Waals surface area contributed by atoms with E-state index in [0.717, 1.165) is 16.9 Å². The van der Waals surface area contributed by atoms with Crippen LogP contribution in [0.2, 0.25) is 0 Å². The third-order valence-corrected chi connectivity index (χ3v) is 4.88. The highest BCUT2D eigenvalue weighted by atomic mass is 16.6. The largest absolute Gasteiger partial charge is 0.486 e. The molecule has 29 heavy (non-hydrogen) atoms. The Kier molecular flexibility index (Phi) is 6.75. The average molecular weight is 396 g/mol. The van der Waals surface area contributed by atoms with Crippen LogP contribution in [0.5, 0.6) is 11.5 Å². The summed E-state index contributed by atoms with van der Waals surface area (Å²) in [6.45, 7) is 6.64. The Morgan fingerprint density at radius 1 is 0.931 bits per heavy atom. The van der Waals surface area contributed by atoms with Gasteiger partial charge in [0, 0.05) is 6.92 Å². The van der Waals surface area contributed by atoms with Gasteiger partial charge in [-0.05, 0) is 29.2 Å². The van der Waals surface area contributed by atoms with Crippen LogP contribution in [0, 0.1) is 5.92 Å². The molecule has 0 spiro atoms. The van der Waals surface area contributed by atoms with Crippen LogP contribution in [0.1, 0.15) is 50.4 Å². The summed E-state index contributed by atoms with van der Waals surface area (Å²) in [4.78, 5) is 24.5. The number of fused-ring (bicyclic) bond motifs is 1. The molecule has 1 heterocycles. The Labute approximate surface area is 171 Å². The quantitative estimate of drug-likeness (QED) is 0.751. The van der Waals surface area contributed by atoms with Gasteiger partial charge in [0.25, 0.3) is 0 Å². The second kappa shape index (κ2) is 9.45. The minimum absolute atomic E-state index is 0.124. The third kappa shape index (κ3) is 5.50. The molecular weight excluding hydrogens is 368 g/mol. The fourth-order valence-corrected chi connectivity index (χ4v) is 3.49. The zero-order valence-corrected chi connectivity index (χ0v) is 17.1. The zero-order valence-electron chi connectivity index (χ0n) is 17.1. The lowest BCUT2D eigenvalue weighted by atomic mass is 9.94. The summed E-state index contributed by atoms with van der Waals surface area (Å²) in [6, 6.07) is 14.8. The van der Waals surface area contributed by atoms with Gasteiger partial charge < -0.3 is 20.1 Å². The first-order valence-electron chi connectivity index (χ1n) is 9.95. The number of rotatable bonds is 7. The molecule has 0 fully saturated rings. The molecule has 1 aliphatic heterocycles. The molecule has 6 heteroatoms. The van der Waals surface area contributed by atoms with Crippen molar-refractivity contribution >= 4 is 11.8 Å². The second-order valence-corrected chi connectivity index (χ2v) is 7.56. The number of carbonyl (C=O) groups excluding carboxylic acids is 2. The molecule has 3 rings (SSSR count). The molecule has 0 aromatic heterocycles. The van der Waals surface area contributed by atoms with E-state index < -0.39 is 0 Å². The molecular formula is C23H28N2O4. The maximum atomic E-state index is 12.9. The normalized spacial score (nSPS) is 14.8. The summed E-state index contributed by atoms with van der Waals surface area (Å²) < 4.78 is 11.3. The van der Waals surface area contributed by atoms with E-state index in [0.29, 0.717) is 19.0 Å². The van der Waals surface area contributed by atoms with Crippen molar-refractivity contribution in [3.63, 3.8) is 0 Å². The molecule has 0 saturated heterocycles. The van der Waals surface area contributed by atoms with Crippen molar-refractivity contribution in [2.24, 2.45) is 5.92 Å². The molecule has 0 saturated carbocycles. The lowest BCUT2D eigenvalue weighted by molar-refractivity contribution is -0.123. The molecule has 2 atom stereocenters. The van der Waals surface area contributed by atoms with E-state index in [1.807, 2.05) is 48.5 Å². The summed E-state index contributed by atoms with van der Waals surface area (Å²) in [5.74, 6) is 1.32. The smallest absolute Gasteiger partial charge is 0.222 e. The zero-order chi connectivity index (χ0) is 20.8. The van der Waals surface area contributed by atoms with Gasteiger partial charge in [0.2, 0.25) is 11.8 Å². The summed E-state index contributed by atoms with van der Waals surface area (Å²) in [5, 5.41) is 6.00. The van der Waals surface area contributed by atoms with Crippen molar-refractivity contribution in [3.05, 3.63) is 59.7 Å². The van der Waals surface area contributed by atoms with Crippen molar-refractivity contribution in [2.45, 2.75) is 39.3 Å². The number of hydrogen-bond donors (Lipinski definition) is 2. The molecule has 2 aromatic carbocycles. The Hall–Kier alpha value is -3.02. The molecule has 2 N–H and O–H groups in total. The van der Waals surface area contributed by atoms with Crippen LogP contribution in [-0.4, -0.2) is 25.0 Å². The van der Waals surface area contributed by atoms with Gasteiger partial charge in [-0.3, -0.25) is 9.59 Å². The number of ether oxygens (including phenoxy) is 2. The van der Waals surface area contributed by atoms with Crippen LogP contribution in [-0.2, 0) is 9.59 Å². The van der Waals surface area contributed by atoms with Crippen LogP contribution < -0.4 is 20.1 Å². The lowest BCUT2D eigenvalue weighted by Crippen LogP contribution is -2.36. The average Bonchev–Trinajstić information content (AvgIpc) is 2.71. The van der Waals surface area contributed by atoms with Gasteiger partial charge in [-0.2, -0.15) is 0 Å². The van der Waals surface area contributed by atoms with Crippen molar-refractivity contribution in [1.82, 2.24) is 10.6 Å². The number of benzene rings is 2. The van der Waals surface area contributed by atoms with E-state index in [2.05, 4.69) is 24.5 Å². The Bertz CT molecular complexity index is 851. The highest BCUT2D eigenvalue weighted by molar-refractivity contribution is 5.79. The number of nitrogens with one attached hydrogen (secondary N) is 2. The van der Waals surface area contributed by atoms with Crippen molar-refractivity contribution in [2.75, 3.05) is 13.2 Å². The van der Waals surface area contributed by atoms with Gasteiger partial charge in [-0.1, -0.05) is 50.2 Å². The van der Waals surface area contributed by atoms with E-state index in [1.165, 1.54) is 6.92 Å². The van der Waals surface area contributed by atoms with Crippen LogP contribution >= 0.6 is 0 Å². The van der Waals surface area contributed by atoms with E-state index in [4.69, 9.17) is 9.47 Å². The minimum atomic E-state index is -0.373. The highest BCUT2D eigenvalue weighted by Crippen LogP contribution is 2.34. The van der Waals surface area contributed by atoms with Crippen LogP contribution in [0.3, 0.4) is 0 Å². The molecule has 0 bridgehead atoms. The van der Waals surface area contributed by atoms with Crippen LogP contribution in [0.15, 0.2) is 48.5 Å². The number of carbonyl (C=O) groups is 2. The van der Waals surface area contributed by atoms with Gasteiger partial charge >= 0.3 is 0 Å². The van der Waals surface area contributed by atoms with E-state index in [-0.39, 0.29) is 36.2 Å². The fraction of sp³-hybridized carbons (Fsp3) is 0.391. The summed E-state index contributed by atoms with van der Waals surface area (Å²) in [7, 11) is 0. The van der Waals surface area contributed by atoms with Crippen molar-refractivity contribution < 1.29 is 19.1 Å². The van der Waals surface area contributed by atoms with E-state index >= 15 is 0 Å². The minimum Gasteiger partial charge on any atom is -0.486 e. The molecule has 2 aromatic rings. The van der Waals surface area contributed by atoms with E-state index in [1.54, 1.807) is 0 Å².